The zero-order chi connectivity index (χ0) is 11.8. The summed E-state index contributed by atoms with van der Waals surface area (Å²) < 4.78 is 2.12. The van der Waals surface area contributed by atoms with E-state index < -0.39 is 0 Å². The van der Waals surface area contributed by atoms with Gasteiger partial charge in [-0.3, -0.25) is 4.40 Å². The molecular formula is C15H14N2. The molecule has 0 N–H and O–H groups in total. The van der Waals surface area contributed by atoms with Crippen LogP contribution in [0.3, 0.4) is 0 Å². The van der Waals surface area contributed by atoms with Crippen LogP contribution in [-0.2, 0) is 0 Å². The smallest absolute Gasteiger partial charge is 0.137 e. The van der Waals surface area contributed by atoms with E-state index in [1.165, 1.54) is 16.7 Å². The molecule has 0 radical (unpaired) electrons. The van der Waals surface area contributed by atoms with Crippen molar-refractivity contribution >= 4 is 5.65 Å². The highest BCUT2D eigenvalue weighted by molar-refractivity contribution is 5.65. The largest absolute Gasteiger partial charge is 0.300 e. The van der Waals surface area contributed by atoms with E-state index in [2.05, 4.69) is 47.6 Å². The van der Waals surface area contributed by atoms with E-state index >= 15 is 0 Å². The minimum absolute atomic E-state index is 0.988. The normalized spacial score (nSPS) is 10.9. The summed E-state index contributed by atoms with van der Waals surface area (Å²) in [7, 11) is 0. The summed E-state index contributed by atoms with van der Waals surface area (Å²) in [5.74, 6) is 0. The van der Waals surface area contributed by atoms with E-state index in [0.717, 1.165) is 11.3 Å². The summed E-state index contributed by atoms with van der Waals surface area (Å²) in [6.45, 7) is 4.25. The summed E-state index contributed by atoms with van der Waals surface area (Å²) in [5.41, 5.74) is 5.92. The molecule has 0 spiro atoms. The Labute approximate surface area is 101 Å². The van der Waals surface area contributed by atoms with E-state index in [-0.39, 0.29) is 0 Å². The van der Waals surface area contributed by atoms with Crippen molar-refractivity contribution in [2.45, 2.75) is 13.8 Å². The molecule has 0 fully saturated rings. The highest BCUT2D eigenvalue weighted by Crippen LogP contribution is 2.23. The second kappa shape index (κ2) is 3.74. The lowest BCUT2D eigenvalue weighted by molar-refractivity contribution is 1.19. The first-order valence-electron chi connectivity index (χ1n) is 5.75. The summed E-state index contributed by atoms with van der Waals surface area (Å²) in [6, 6.07) is 12.6. The third kappa shape index (κ3) is 1.72. The minimum atomic E-state index is 0.988. The van der Waals surface area contributed by atoms with Gasteiger partial charge in [0.1, 0.15) is 5.65 Å². The van der Waals surface area contributed by atoms with Crippen LogP contribution in [0.1, 0.15) is 11.1 Å². The number of pyridine rings is 1. The van der Waals surface area contributed by atoms with Crippen LogP contribution in [0.15, 0.2) is 48.8 Å². The molecule has 2 nitrogen and oxygen atoms in total. The molecule has 0 atom stereocenters. The fraction of sp³-hybridized carbons (Fsp3) is 0.133. The van der Waals surface area contributed by atoms with Crippen LogP contribution in [0.4, 0.5) is 0 Å². The van der Waals surface area contributed by atoms with Crippen LogP contribution in [0.2, 0.25) is 0 Å². The van der Waals surface area contributed by atoms with E-state index in [0.29, 0.717) is 0 Å². The third-order valence-corrected chi connectivity index (χ3v) is 2.93. The Bertz CT molecular complexity index is 660. The number of imidazole rings is 1. The quantitative estimate of drug-likeness (QED) is 0.614. The minimum Gasteiger partial charge on any atom is -0.300 e. The molecule has 1 aromatic carbocycles. The first-order chi connectivity index (χ1) is 8.24. The molecule has 0 saturated heterocycles. The Balaban J connectivity index is 2.27. The summed E-state index contributed by atoms with van der Waals surface area (Å²) in [6.07, 6.45) is 3.99. The second-order valence-electron chi connectivity index (χ2n) is 4.45. The van der Waals surface area contributed by atoms with Gasteiger partial charge in [0.05, 0.1) is 11.9 Å². The first kappa shape index (κ1) is 10.1. The van der Waals surface area contributed by atoms with Gasteiger partial charge in [-0.2, -0.15) is 0 Å². The summed E-state index contributed by atoms with van der Waals surface area (Å²) in [5, 5.41) is 0. The Morgan fingerprint density at radius 1 is 1.00 bits per heavy atom. The van der Waals surface area contributed by atoms with Gasteiger partial charge in [-0.1, -0.05) is 23.3 Å². The molecule has 0 aliphatic rings. The molecule has 3 aromatic rings. The van der Waals surface area contributed by atoms with Gasteiger partial charge >= 0.3 is 0 Å². The number of benzene rings is 1. The van der Waals surface area contributed by atoms with Crippen LogP contribution in [0.5, 0.6) is 0 Å². The molecule has 84 valence electrons. The Morgan fingerprint density at radius 3 is 2.53 bits per heavy atom. The number of hydrogen-bond donors (Lipinski definition) is 0. The predicted octanol–water partition coefficient (Wildman–Crippen LogP) is 3.62. The van der Waals surface area contributed by atoms with Gasteiger partial charge in [-0.25, -0.2) is 4.98 Å². The summed E-state index contributed by atoms with van der Waals surface area (Å²) in [4.78, 5) is 4.42. The Hall–Kier alpha value is -2.09. The number of aromatic nitrogens is 2. The molecule has 2 heteroatoms. The molecule has 0 aliphatic heterocycles. The van der Waals surface area contributed by atoms with Crippen molar-refractivity contribution in [3.8, 4) is 11.3 Å². The van der Waals surface area contributed by atoms with Crippen molar-refractivity contribution in [3.05, 3.63) is 59.9 Å². The SMILES string of the molecule is Cc1cc(C)cc(-c2cnc3ccccn23)c1. The van der Waals surface area contributed by atoms with E-state index in [9.17, 15) is 0 Å². The summed E-state index contributed by atoms with van der Waals surface area (Å²) >= 11 is 0. The topological polar surface area (TPSA) is 17.3 Å². The number of fused-ring (bicyclic) bond motifs is 1. The third-order valence-electron chi connectivity index (χ3n) is 2.93. The van der Waals surface area contributed by atoms with Gasteiger partial charge in [0, 0.05) is 11.8 Å². The van der Waals surface area contributed by atoms with Crippen molar-refractivity contribution < 1.29 is 0 Å². The van der Waals surface area contributed by atoms with Crippen LogP contribution >= 0.6 is 0 Å². The molecule has 0 unspecified atom stereocenters. The maximum absolute atomic E-state index is 4.42. The molecular weight excluding hydrogens is 208 g/mol. The Morgan fingerprint density at radius 2 is 1.76 bits per heavy atom. The monoisotopic (exact) mass is 222 g/mol. The standard InChI is InChI=1S/C15H14N2/c1-11-7-12(2)9-13(8-11)14-10-16-15-5-3-4-6-17(14)15/h3-10H,1-2H3. The highest BCUT2D eigenvalue weighted by Gasteiger charge is 2.05. The van der Waals surface area contributed by atoms with E-state index in [4.69, 9.17) is 0 Å². The van der Waals surface area contributed by atoms with Crippen LogP contribution < -0.4 is 0 Å². The molecule has 0 aliphatic carbocycles. The van der Waals surface area contributed by atoms with Gasteiger partial charge < -0.3 is 0 Å². The zero-order valence-corrected chi connectivity index (χ0v) is 10.0. The van der Waals surface area contributed by atoms with Crippen molar-refractivity contribution in [3.63, 3.8) is 0 Å². The molecule has 0 bridgehead atoms. The van der Waals surface area contributed by atoms with Gasteiger partial charge in [0.25, 0.3) is 0 Å². The average molecular weight is 222 g/mol. The lowest BCUT2D eigenvalue weighted by atomic mass is 10.1. The van der Waals surface area contributed by atoms with Gasteiger partial charge in [0.15, 0.2) is 0 Å². The van der Waals surface area contributed by atoms with Crippen LogP contribution in [-0.4, -0.2) is 9.38 Å². The van der Waals surface area contributed by atoms with E-state index in [1.54, 1.807) is 0 Å². The fourth-order valence-electron chi connectivity index (χ4n) is 2.27. The number of rotatable bonds is 1. The van der Waals surface area contributed by atoms with E-state index in [1.807, 2.05) is 24.4 Å². The maximum Gasteiger partial charge on any atom is 0.137 e. The van der Waals surface area contributed by atoms with Gasteiger partial charge in [-0.05, 0) is 38.1 Å². The Kier molecular flexibility index (Phi) is 2.22. The second-order valence-corrected chi connectivity index (χ2v) is 4.45. The number of nitrogens with zero attached hydrogens (tertiary/aromatic N) is 2. The molecule has 0 amide bonds. The first-order valence-corrected chi connectivity index (χ1v) is 5.75. The van der Waals surface area contributed by atoms with Crippen molar-refractivity contribution in [2.75, 3.05) is 0 Å². The van der Waals surface area contributed by atoms with Crippen molar-refractivity contribution in [1.82, 2.24) is 9.38 Å². The number of hydrogen-bond acceptors (Lipinski definition) is 1. The lowest BCUT2D eigenvalue weighted by Gasteiger charge is -2.04. The molecule has 2 aromatic heterocycles. The molecule has 17 heavy (non-hydrogen) atoms. The van der Waals surface area contributed by atoms with Crippen LogP contribution in [0, 0.1) is 13.8 Å². The van der Waals surface area contributed by atoms with Crippen molar-refractivity contribution in [1.29, 1.82) is 0 Å². The average Bonchev–Trinajstić information content (AvgIpc) is 2.71. The molecule has 3 rings (SSSR count). The maximum atomic E-state index is 4.42. The van der Waals surface area contributed by atoms with Crippen LogP contribution in [0.25, 0.3) is 16.9 Å². The van der Waals surface area contributed by atoms with Crippen molar-refractivity contribution in [2.24, 2.45) is 0 Å². The molecule has 0 saturated carbocycles. The molecule has 2 heterocycles. The highest BCUT2D eigenvalue weighted by atomic mass is 15.0. The van der Waals surface area contributed by atoms with Gasteiger partial charge in [-0.15, -0.1) is 0 Å². The predicted molar refractivity (Wildman–Crippen MR) is 70.1 cm³/mol. The fourth-order valence-corrected chi connectivity index (χ4v) is 2.27. The number of aryl methyl sites for hydroxylation is 2. The lowest BCUT2D eigenvalue weighted by Crippen LogP contribution is -1.88. The van der Waals surface area contributed by atoms with Gasteiger partial charge in [0.2, 0.25) is 0 Å². The zero-order valence-electron chi connectivity index (χ0n) is 10.0.